The molecular weight excluding hydrogens is 350 g/mol. The fourth-order valence-electron chi connectivity index (χ4n) is 2.39. The molecule has 2 N–H and O–H groups in total. The molecule has 0 spiro atoms. The number of aromatic amines is 1. The third-order valence-corrected chi connectivity index (χ3v) is 4.56. The maximum absolute atomic E-state index is 12.3. The van der Waals surface area contributed by atoms with E-state index in [1.807, 2.05) is 19.1 Å². The molecule has 1 aromatic carbocycles. The molecule has 0 unspecified atom stereocenters. The highest BCUT2D eigenvalue weighted by Crippen LogP contribution is 2.15. The summed E-state index contributed by atoms with van der Waals surface area (Å²) in [5.74, 6) is 0.138. The Kier molecular flexibility index (Phi) is 7.59. The number of benzene rings is 1. The fraction of sp³-hybridized carbons (Fsp3) is 0.368. The number of nitrogens with zero attached hydrogens (tertiary/aromatic N) is 1. The molecule has 2 aromatic rings. The zero-order chi connectivity index (χ0) is 18.9. The SMILES string of the molecule is CCCc1cc(=O)[nH]c(SCC(=O)c2ccc(CCNC(C)=O)cc2)n1. The van der Waals surface area contributed by atoms with E-state index in [0.29, 0.717) is 17.3 Å². The second-order valence-corrected chi connectivity index (χ2v) is 6.90. The van der Waals surface area contributed by atoms with Crippen LogP contribution in [0.3, 0.4) is 0 Å². The van der Waals surface area contributed by atoms with Crippen molar-refractivity contribution in [2.45, 2.75) is 38.3 Å². The van der Waals surface area contributed by atoms with Crippen LogP contribution in [0.25, 0.3) is 0 Å². The summed E-state index contributed by atoms with van der Waals surface area (Å²) >= 11 is 1.24. The van der Waals surface area contributed by atoms with Gasteiger partial charge in [0.2, 0.25) is 5.91 Å². The standard InChI is InChI=1S/C19H23N3O3S/c1-3-4-16-11-18(25)22-19(21-16)26-12-17(24)15-7-5-14(6-8-15)9-10-20-13(2)23/h5-8,11H,3-4,9-10,12H2,1-2H3,(H,20,23)(H,21,22,25). The van der Waals surface area contributed by atoms with Crippen LogP contribution in [-0.2, 0) is 17.6 Å². The molecule has 0 aliphatic carbocycles. The van der Waals surface area contributed by atoms with E-state index < -0.39 is 0 Å². The number of carbonyl (C=O) groups is 2. The van der Waals surface area contributed by atoms with Crippen LogP contribution in [0.15, 0.2) is 40.3 Å². The van der Waals surface area contributed by atoms with Gasteiger partial charge in [-0.1, -0.05) is 49.4 Å². The molecule has 0 saturated heterocycles. The third kappa shape index (κ3) is 6.48. The summed E-state index contributed by atoms with van der Waals surface area (Å²) in [4.78, 5) is 41.9. The first-order valence-corrected chi connectivity index (χ1v) is 9.56. The second-order valence-electron chi connectivity index (χ2n) is 5.93. The van der Waals surface area contributed by atoms with Gasteiger partial charge in [0.1, 0.15) is 0 Å². The number of aryl methyl sites for hydroxylation is 1. The molecule has 0 aliphatic rings. The van der Waals surface area contributed by atoms with Gasteiger partial charge >= 0.3 is 0 Å². The minimum absolute atomic E-state index is 0.0213. The maximum Gasteiger partial charge on any atom is 0.251 e. The summed E-state index contributed by atoms with van der Waals surface area (Å²) in [6, 6.07) is 8.85. The molecule has 0 bridgehead atoms. The van der Waals surface area contributed by atoms with Crippen molar-refractivity contribution in [2.75, 3.05) is 12.3 Å². The highest BCUT2D eigenvalue weighted by Gasteiger charge is 2.09. The van der Waals surface area contributed by atoms with Crippen LogP contribution in [0.5, 0.6) is 0 Å². The molecule has 1 aromatic heterocycles. The number of rotatable bonds is 9. The van der Waals surface area contributed by atoms with Crippen molar-refractivity contribution in [3.8, 4) is 0 Å². The molecule has 0 saturated carbocycles. The average molecular weight is 373 g/mol. The highest BCUT2D eigenvalue weighted by molar-refractivity contribution is 7.99. The van der Waals surface area contributed by atoms with Gasteiger partial charge in [-0.2, -0.15) is 0 Å². The van der Waals surface area contributed by atoms with Crippen molar-refractivity contribution in [2.24, 2.45) is 0 Å². The summed E-state index contributed by atoms with van der Waals surface area (Å²) in [5, 5.41) is 3.22. The Balaban J connectivity index is 1.91. The number of Topliss-reactive ketones (excluding diaryl/α,β-unsaturated/α-hetero) is 1. The zero-order valence-corrected chi connectivity index (χ0v) is 15.8. The molecule has 1 heterocycles. The van der Waals surface area contributed by atoms with Gasteiger partial charge in [-0.15, -0.1) is 0 Å². The molecule has 26 heavy (non-hydrogen) atoms. The van der Waals surface area contributed by atoms with E-state index >= 15 is 0 Å². The molecule has 0 aliphatic heterocycles. The molecule has 6 nitrogen and oxygen atoms in total. The van der Waals surface area contributed by atoms with Gasteiger partial charge in [-0.05, 0) is 18.4 Å². The van der Waals surface area contributed by atoms with Crippen molar-refractivity contribution in [1.82, 2.24) is 15.3 Å². The van der Waals surface area contributed by atoms with Gasteiger partial charge in [0.25, 0.3) is 5.56 Å². The lowest BCUT2D eigenvalue weighted by Crippen LogP contribution is -2.22. The van der Waals surface area contributed by atoms with E-state index in [9.17, 15) is 14.4 Å². The molecule has 7 heteroatoms. The van der Waals surface area contributed by atoms with Crippen LogP contribution < -0.4 is 10.9 Å². The lowest BCUT2D eigenvalue weighted by Gasteiger charge is -2.05. The van der Waals surface area contributed by atoms with Crippen molar-refractivity contribution >= 4 is 23.5 Å². The van der Waals surface area contributed by atoms with Gasteiger partial charge in [0.15, 0.2) is 10.9 Å². The average Bonchev–Trinajstić information content (AvgIpc) is 2.60. The predicted molar refractivity (Wildman–Crippen MR) is 103 cm³/mol. The van der Waals surface area contributed by atoms with Gasteiger partial charge in [0, 0.05) is 30.8 Å². The third-order valence-electron chi connectivity index (χ3n) is 3.68. The number of nitrogens with one attached hydrogen (secondary N) is 2. The minimum atomic E-state index is -0.193. The number of H-pyrrole nitrogens is 1. The molecule has 138 valence electrons. The van der Waals surface area contributed by atoms with Crippen molar-refractivity contribution < 1.29 is 9.59 Å². The van der Waals surface area contributed by atoms with Crippen molar-refractivity contribution in [1.29, 1.82) is 0 Å². The first-order chi connectivity index (χ1) is 12.5. The summed E-state index contributed by atoms with van der Waals surface area (Å²) in [6.07, 6.45) is 2.37. The zero-order valence-electron chi connectivity index (χ0n) is 15.0. The molecule has 0 atom stereocenters. The monoisotopic (exact) mass is 373 g/mol. The maximum atomic E-state index is 12.3. The van der Waals surface area contributed by atoms with E-state index in [1.165, 1.54) is 24.8 Å². The molecular formula is C19H23N3O3S. The Hall–Kier alpha value is -2.41. The number of aromatic nitrogens is 2. The lowest BCUT2D eigenvalue weighted by atomic mass is 10.1. The van der Waals surface area contributed by atoms with E-state index in [4.69, 9.17) is 0 Å². The van der Waals surface area contributed by atoms with Gasteiger partial charge < -0.3 is 10.3 Å². The van der Waals surface area contributed by atoms with Crippen LogP contribution in [-0.4, -0.2) is 34.0 Å². The van der Waals surface area contributed by atoms with Crippen LogP contribution in [0.1, 0.15) is 41.9 Å². The van der Waals surface area contributed by atoms with Crippen LogP contribution in [0.4, 0.5) is 0 Å². The number of hydrogen-bond acceptors (Lipinski definition) is 5. The molecule has 2 rings (SSSR count). The predicted octanol–water partition coefficient (Wildman–Crippen LogP) is 2.38. The van der Waals surface area contributed by atoms with Crippen LogP contribution >= 0.6 is 11.8 Å². The summed E-state index contributed by atoms with van der Waals surface area (Å²) < 4.78 is 0. The van der Waals surface area contributed by atoms with Gasteiger partial charge in [0.05, 0.1) is 5.75 Å². The van der Waals surface area contributed by atoms with Gasteiger partial charge in [-0.3, -0.25) is 14.4 Å². The largest absolute Gasteiger partial charge is 0.356 e. The summed E-state index contributed by atoms with van der Waals surface area (Å²) in [6.45, 7) is 4.09. The number of thioether (sulfide) groups is 1. The lowest BCUT2D eigenvalue weighted by molar-refractivity contribution is -0.118. The molecule has 0 radical (unpaired) electrons. The number of amides is 1. The highest BCUT2D eigenvalue weighted by atomic mass is 32.2. The summed E-state index contributed by atoms with van der Waals surface area (Å²) in [5.41, 5.74) is 2.23. The van der Waals surface area contributed by atoms with Crippen LogP contribution in [0, 0.1) is 0 Å². The smallest absolute Gasteiger partial charge is 0.251 e. The topological polar surface area (TPSA) is 91.9 Å². The van der Waals surface area contributed by atoms with E-state index in [2.05, 4.69) is 15.3 Å². The van der Waals surface area contributed by atoms with Crippen molar-refractivity contribution in [3.05, 3.63) is 57.5 Å². The first-order valence-electron chi connectivity index (χ1n) is 8.57. The Morgan fingerprint density at radius 2 is 1.92 bits per heavy atom. The van der Waals surface area contributed by atoms with E-state index in [1.54, 1.807) is 12.1 Å². The molecule has 1 amide bonds. The Morgan fingerprint density at radius 3 is 2.58 bits per heavy atom. The van der Waals surface area contributed by atoms with E-state index in [-0.39, 0.29) is 23.0 Å². The molecule has 0 fully saturated rings. The Labute approximate surface area is 156 Å². The van der Waals surface area contributed by atoms with Gasteiger partial charge in [-0.25, -0.2) is 4.98 Å². The number of hydrogen-bond donors (Lipinski definition) is 2. The Bertz CT molecular complexity index is 816. The number of ketones is 1. The quantitative estimate of drug-likeness (QED) is 0.400. The summed E-state index contributed by atoms with van der Waals surface area (Å²) in [7, 11) is 0. The fourth-order valence-corrected chi connectivity index (χ4v) is 3.18. The number of carbonyl (C=O) groups excluding carboxylic acids is 2. The second kappa shape index (κ2) is 9.91. The van der Waals surface area contributed by atoms with E-state index in [0.717, 1.165) is 30.5 Å². The normalized spacial score (nSPS) is 10.5. The first kappa shape index (κ1) is 19.9. The Morgan fingerprint density at radius 1 is 1.19 bits per heavy atom. The van der Waals surface area contributed by atoms with Crippen LogP contribution in [0.2, 0.25) is 0 Å². The minimum Gasteiger partial charge on any atom is -0.356 e. The van der Waals surface area contributed by atoms with Crippen molar-refractivity contribution in [3.63, 3.8) is 0 Å².